The van der Waals surface area contributed by atoms with Crippen molar-refractivity contribution >= 4 is 33.1 Å². The predicted molar refractivity (Wildman–Crippen MR) is 130 cm³/mol. The number of anilines is 1. The molecule has 164 valence electrons. The van der Waals surface area contributed by atoms with Gasteiger partial charge in [0, 0.05) is 5.69 Å². The first-order valence-electron chi connectivity index (χ1n) is 10.5. The van der Waals surface area contributed by atoms with Crippen molar-refractivity contribution in [3.63, 3.8) is 0 Å². The molecule has 2 heterocycles. The summed E-state index contributed by atoms with van der Waals surface area (Å²) < 4.78 is 2.99. The van der Waals surface area contributed by atoms with Crippen molar-refractivity contribution in [2.24, 2.45) is 0 Å². The Morgan fingerprint density at radius 2 is 1.81 bits per heavy atom. The zero-order chi connectivity index (χ0) is 23.0. The van der Waals surface area contributed by atoms with Gasteiger partial charge in [-0.05, 0) is 54.5 Å². The molecule has 0 fully saturated rings. The van der Waals surface area contributed by atoms with Crippen LogP contribution in [0.5, 0.6) is 0 Å². The smallest absolute Gasteiger partial charge is 0.324 e. The lowest BCUT2D eigenvalue weighted by Crippen LogP contribution is -2.40. The van der Waals surface area contributed by atoms with E-state index < -0.39 is 5.69 Å². The summed E-state index contributed by atoms with van der Waals surface area (Å²) in [5.74, 6) is -0.0808. The van der Waals surface area contributed by atoms with E-state index in [1.807, 2.05) is 50.2 Å². The van der Waals surface area contributed by atoms with E-state index in [0.29, 0.717) is 15.9 Å². The number of aromatic nitrogens is 2. The number of aryl methyl sites for hydroxylation is 2. The number of fused-ring (bicyclic) bond motifs is 1. The summed E-state index contributed by atoms with van der Waals surface area (Å²) in [7, 11) is 0. The molecule has 0 aliphatic heterocycles. The van der Waals surface area contributed by atoms with E-state index in [4.69, 9.17) is 0 Å². The van der Waals surface area contributed by atoms with Crippen molar-refractivity contribution < 1.29 is 4.79 Å². The van der Waals surface area contributed by atoms with Crippen LogP contribution in [0.4, 0.5) is 5.69 Å². The van der Waals surface area contributed by atoms with Crippen LogP contribution in [-0.4, -0.2) is 15.0 Å². The number of hydrogen-bond acceptors (Lipinski definition) is 4. The molecule has 6 nitrogen and oxygen atoms in total. The first-order valence-corrected chi connectivity index (χ1v) is 11.4. The Hall–Kier alpha value is -3.45. The molecule has 0 aliphatic carbocycles. The quantitative estimate of drug-likeness (QED) is 0.486. The van der Waals surface area contributed by atoms with Gasteiger partial charge in [0.05, 0.1) is 11.2 Å². The number of amides is 1. The number of benzene rings is 2. The average Bonchev–Trinajstić information content (AvgIpc) is 3.23. The van der Waals surface area contributed by atoms with E-state index in [9.17, 15) is 14.4 Å². The first-order chi connectivity index (χ1) is 15.3. The number of para-hydroxylation sites is 1. The highest BCUT2D eigenvalue weighted by Gasteiger charge is 2.19. The zero-order valence-corrected chi connectivity index (χ0v) is 19.3. The second-order valence-electron chi connectivity index (χ2n) is 8.22. The lowest BCUT2D eigenvalue weighted by molar-refractivity contribution is -0.116. The molecule has 1 N–H and O–H groups in total. The van der Waals surface area contributed by atoms with Crippen molar-refractivity contribution in [2.45, 2.75) is 40.2 Å². The largest absolute Gasteiger partial charge is 0.336 e. The highest BCUT2D eigenvalue weighted by Crippen LogP contribution is 2.24. The van der Waals surface area contributed by atoms with Crippen LogP contribution in [0.15, 0.2) is 63.5 Å². The lowest BCUT2D eigenvalue weighted by atomic mass is 10.0. The van der Waals surface area contributed by atoms with Crippen LogP contribution in [0.2, 0.25) is 0 Å². The maximum absolute atomic E-state index is 13.5. The Morgan fingerprint density at radius 3 is 2.53 bits per heavy atom. The lowest BCUT2D eigenvalue weighted by Gasteiger charge is -2.16. The Kier molecular flexibility index (Phi) is 5.84. The molecule has 2 aromatic carbocycles. The monoisotopic (exact) mass is 447 g/mol. The van der Waals surface area contributed by atoms with Gasteiger partial charge in [0.2, 0.25) is 5.91 Å². The number of thiophene rings is 1. The number of rotatable bonds is 5. The van der Waals surface area contributed by atoms with Gasteiger partial charge in [-0.1, -0.05) is 49.7 Å². The van der Waals surface area contributed by atoms with Crippen LogP contribution in [0, 0.1) is 13.8 Å². The molecule has 0 radical (unpaired) electrons. The van der Waals surface area contributed by atoms with E-state index in [-0.39, 0.29) is 23.9 Å². The molecule has 0 saturated heterocycles. The van der Waals surface area contributed by atoms with E-state index in [1.165, 1.54) is 20.5 Å². The third-order valence-electron chi connectivity index (χ3n) is 5.51. The molecule has 2 aromatic heterocycles. The molecule has 0 bridgehead atoms. The summed E-state index contributed by atoms with van der Waals surface area (Å²) in [5, 5.41) is 4.70. The molecular formula is C25H25N3O3S. The third-order valence-corrected chi connectivity index (χ3v) is 6.40. The van der Waals surface area contributed by atoms with Crippen LogP contribution in [0.1, 0.15) is 36.5 Å². The summed E-state index contributed by atoms with van der Waals surface area (Å²) in [4.78, 5) is 39.6. The first kappa shape index (κ1) is 21.8. The Balaban J connectivity index is 1.80. The Bertz CT molecular complexity index is 1440. The fourth-order valence-electron chi connectivity index (χ4n) is 3.96. The predicted octanol–water partition coefficient (Wildman–Crippen LogP) is 4.59. The van der Waals surface area contributed by atoms with E-state index in [0.717, 1.165) is 22.4 Å². The van der Waals surface area contributed by atoms with Crippen molar-refractivity contribution in [3.05, 3.63) is 91.4 Å². The van der Waals surface area contributed by atoms with Gasteiger partial charge in [0.15, 0.2) is 0 Å². The number of carbonyl (C=O) groups is 1. The van der Waals surface area contributed by atoms with Crippen LogP contribution >= 0.6 is 11.3 Å². The van der Waals surface area contributed by atoms with Crippen LogP contribution < -0.4 is 16.6 Å². The standard InChI is InChI=1S/C25H25N3O3S/c1-15(2)18-7-5-6-8-19(18)26-22(29)14-27-21-11-12-32-23(21)24(30)28(25(27)31)20-10-9-16(3)13-17(20)4/h5-13,15H,14H2,1-4H3,(H,26,29). The minimum atomic E-state index is -0.528. The Labute approximate surface area is 189 Å². The molecule has 0 unspecified atom stereocenters. The van der Waals surface area contributed by atoms with E-state index in [1.54, 1.807) is 17.5 Å². The molecule has 0 aliphatic rings. The van der Waals surface area contributed by atoms with Crippen LogP contribution in [-0.2, 0) is 11.3 Å². The topological polar surface area (TPSA) is 73.1 Å². The second-order valence-corrected chi connectivity index (χ2v) is 9.14. The van der Waals surface area contributed by atoms with Gasteiger partial charge in [-0.3, -0.25) is 14.2 Å². The summed E-state index contributed by atoms with van der Waals surface area (Å²) in [6, 6.07) is 14.9. The highest BCUT2D eigenvalue weighted by molar-refractivity contribution is 7.17. The second kappa shape index (κ2) is 8.59. The number of nitrogens with one attached hydrogen (secondary N) is 1. The average molecular weight is 448 g/mol. The van der Waals surface area contributed by atoms with Gasteiger partial charge in [0.1, 0.15) is 11.2 Å². The molecule has 1 amide bonds. The maximum Gasteiger partial charge on any atom is 0.336 e. The molecule has 4 rings (SSSR count). The molecule has 32 heavy (non-hydrogen) atoms. The summed E-state index contributed by atoms with van der Waals surface area (Å²) in [6.45, 7) is 7.75. The van der Waals surface area contributed by atoms with Gasteiger partial charge in [-0.25, -0.2) is 9.36 Å². The van der Waals surface area contributed by atoms with Gasteiger partial charge in [-0.2, -0.15) is 0 Å². The molecule has 4 aromatic rings. The molecular weight excluding hydrogens is 422 g/mol. The van der Waals surface area contributed by atoms with E-state index >= 15 is 0 Å². The zero-order valence-electron chi connectivity index (χ0n) is 18.5. The molecule has 0 atom stereocenters. The van der Waals surface area contributed by atoms with Crippen molar-refractivity contribution in [2.75, 3.05) is 5.32 Å². The van der Waals surface area contributed by atoms with Crippen molar-refractivity contribution in [1.29, 1.82) is 0 Å². The summed E-state index contributed by atoms with van der Waals surface area (Å²) >= 11 is 1.27. The molecule has 7 heteroatoms. The van der Waals surface area contributed by atoms with Gasteiger partial charge in [-0.15, -0.1) is 11.3 Å². The summed E-state index contributed by atoms with van der Waals surface area (Å²) in [5.41, 5.74) is 3.72. The fraction of sp³-hybridized carbons (Fsp3) is 0.240. The number of nitrogens with zero attached hydrogens (tertiary/aromatic N) is 2. The van der Waals surface area contributed by atoms with Gasteiger partial charge in [0.25, 0.3) is 5.56 Å². The summed E-state index contributed by atoms with van der Waals surface area (Å²) in [6.07, 6.45) is 0. The SMILES string of the molecule is Cc1ccc(-n2c(=O)c3sccc3n(CC(=O)Nc3ccccc3C(C)C)c2=O)c(C)c1. The molecule has 0 saturated carbocycles. The number of carbonyl (C=O) groups excluding carboxylic acids is 1. The van der Waals surface area contributed by atoms with Crippen LogP contribution in [0.25, 0.3) is 15.9 Å². The van der Waals surface area contributed by atoms with Gasteiger partial charge < -0.3 is 5.32 Å². The third kappa shape index (κ3) is 3.91. The highest BCUT2D eigenvalue weighted by atomic mass is 32.1. The van der Waals surface area contributed by atoms with Crippen LogP contribution in [0.3, 0.4) is 0 Å². The van der Waals surface area contributed by atoms with Crippen molar-refractivity contribution in [3.8, 4) is 5.69 Å². The normalized spacial score (nSPS) is 11.3. The minimum Gasteiger partial charge on any atom is -0.324 e. The molecule has 0 spiro atoms. The Morgan fingerprint density at radius 1 is 1.06 bits per heavy atom. The van der Waals surface area contributed by atoms with Gasteiger partial charge >= 0.3 is 5.69 Å². The fourth-order valence-corrected chi connectivity index (χ4v) is 4.78. The maximum atomic E-state index is 13.5. The number of hydrogen-bond donors (Lipinski definition) is 1. The minimum absolute atomic E-state index is 0.191. The van der Waals surface area contributed by atoms with E-state index in [2.05, 4.69) is 19.2 Å². The van der Waals surface area contributed by atoms with Crippen molar-refractivity contribution in [1.82, 2.24) is 9.13 Å².